The van der Waals surface area contributed by atoms with Crippen LogP contribution in [-0.4, -0.2) is 30.0 Å². The summed E-state index contributed by atoms with van der Waals surface area (Å²) in [7, 11) is 0. The fraction of sp³-hybridized carbons (Fsp3) is 0.316. The second kappa shape index (κ2) is 7.70. The van der Waals surface area contributed by atoms with E-state index in [9.17, 15) is 18.0 Å². The molecule has 0 aromatic heterocycles. The van der Waals surface area contributed by atoms with E-state index in [0.717, 1.165) is 18.9 Å². The average molecular weight is 349 g/mol. The van der Waals surface area contributed by atoms with Gasteiger partial charge in [-0.15, -0.1) is 0 Å². The first-order chi connectivity index (χ1) is 12.0. The number of likely N-dealkylation sites (tertiary alicyclic amines) is 1. The van der Waals surface area contributed by atoms with Crippen molar-refractivity contribution in [2.24, 2.45) is 0 Å². The zero-order valence-electron chi connectivity index (χ0n) is 13.6. The van der Waals surface area contributed by atoms with Gasteiger partial charge >= 0.3 is 0 Å². The number of halogens is 3. The van der Waals surface area contributed by atoms with Crippen LogP contribution in [0, 0.1) is 17.5 Å². The van der Waals surface area contributed by atoms with Gasteiger partial charge in [0.25, 0.3) is 5.91 Å². The summed E-state index contributed by atoms with van der Waals surface area (Å²) in [5, 5.41) is 0. The fourth-order valence-corrected chi connectivity index (χ4v) is 2.88. The lowest BCUT2D eigenvalue weighted by Crippen LogP contribution is -2.43. The second-order valence-corrected chi connectivity index (χ2v) is 6.07. The molecule has 1 fully saturated rings. The van der Waals surface area contributed by atoms with Crippen molar-refractivity contribution in [3.05, 3.63) is 71.0 Å². The van der Waals surface area contributed by atoms with Crippen LogP contribution in [0.25, 0.3) is 0 Å². The molecule has 1 heterocycles. The fourth-order valence-electron chi connectivity index (χ4n) is 2.88. The molecule has 2 aromatic rings. The Labute approximate surface area is 144 Å². The summed E-state index contributed by atoms with van der Waals surface area (Å²) in [4.78, 5) is 14.1. The monoisotopic (exact) mass is 349 g/mol. The quantitative estimate of drug-likeness (QED) is 0.837. The van der Waals surface area contributed by atoms with Crippen molar-refractivity contribution in [1.82, 2.24) is 4.90 Å². The summed E-state index contributed by atoms with van der Waals surface area (Å²) in [5.41, 5.74) is 0.704. The zero-order chi connectivity index (χ0) is 17.8. The molecular weight excluding hydrogens is 331 g/mol. The van der Waals surface area contributed by atoms with Crippen LogP contribution in [0.15, 0.2) is 42.5 Å². The van der Waals surface area contributed by atoms with Crippen molar-refractivity contribution in [2.45, 2.75) is 25.6 Å². The third-order valence-corrected chi connectivity index (χ3v) is 4.25. The molecule has 25 heavy (non-hydrogen) atoms. The van der Waals surface area contributed by atoms with Crippen LogP contribution in [0.5, 0.6) is 0 Å². The minimum Gasteiger partial charge on any atom is -0.372 e. The molecule has 0 radical (unpaired) electrons. The lowest BCUT2D eigenvalue weighted by Gasteiger charge is -2.32. The molecule has 1 unspecified atom stereocenters. The molecular formula is C19H18F3NO2. The van der Waals surface area contributed by atoms with Crippen molar-refractivity contribution in [1.29, 1.82) is 0 Å². The van der Waals surface area contributed by atoms with Gasteiger partial charge in [-0.2, -0.15) is 0 Å². The number of piperidine rings is 1. The highest BCUT2D eigenvalue weighted by atomic mass is 19.1. The molecule has 2 aromatic carbocycles. The Bertz CT molecular complexity index is 749. The molecule has 0 N–H and O–H groups in total. The molecule has 0 spiro atoms. The lowest BCUT2D eigenvalue weighted by molar-refractivity contribution is -0.00764. The summed E-state index contributed by atoms with van der Waals surface area (Å²) < 4.78 is 45.3. The van der Waals surface area contributed by atoms with Crippen LogP contribution in [0.2, 0.25) is 0 Å². The van der Waals surface area contributed by atoms with E-state index in [4.69, 9.17) is 4.74 Å². The number of nitrogens with zero attached hydrogens (tertiary/aromatic N) is 1. The minimum atomic E-state index is -0.643. The van der Waals surface area contributed by atoms with E-state index < -0.39 is 17.5 Å². The number of carbonyl (C=O) groups is 1. The first kappa shape index (κ1) is 17.5. The number of carbonyl (C=O) groups excluding carboxylic acids is 1. The van der Waals surface area contributed by atoms with E-state index in [0.29, 0.717) is 18.7 Å². The first-order valence-electron chi connectivity index (χ1n) is 8.13. The smallest absolute Gasteiger partial charge is 0.253 e. The molecule has 0 bridgehead atoms. The molecule has 3 nitrogen and oxygen atoms in total. The Kier molecular flexibility index (Phi) is 5.38. The van der Waals surface area contributed by atoms with Gasteiger partial charge in [-0.1, -0.05) is 6.07 Å². The van der Waals surface area contributed by atoms with Gasteiger partial charge in [0.2, 0.25) is 0 Å². The van der Waals surface area contributed by atoms with Crippen molar-refractivity contribution < 1.29 is 22.7 Å². The van der Waals surface area contributed by atoms with Gasteiger partial charge in [-0.25, -0.2) is 13.2 Å². The number of hydrogen-bond donors (Lipinski definition) is 0. The Morgan fingerprint density at radius 1 is 1.08 bits per heavy atom. The maximum Gasteiger partial charge on any atom is 0.253 e. The van der Waals surface area contributed by atoms with Gasteiger partial charge in [0.15, 0.2) is 0 Å². The zero-order valence-corrected chi connectivity index (χ0v) is 13.6. The average Bonchev–Trinajstić information content (AvgIpc) is 2.61. The predicted molar refractivity (Wildman–Crippen MR) is 86.5 cm³/mol. The number of amides is 1. The summed E-state index contributed by atoms with van der Waals surface area (Å²) >= 11 is 0. The van der Waals surface area contributed by atoms with Crippen LogP contribution in [0.3, 0.4) is 0 Å². The van der Waals surface area contributed by atoms with Crippen LogP contribution in [0.4, 0.5) is 13.2 Å². The normalized spacial score (nSPS) is 17.6. The molecule has 0 aliphatic carbocycles. The minimum absolute atomic E-state index is 0.0232. The lowest BCUT2D eigenvalue weighted by atomic mass is 10.1. The molecule has 1 atom stereocenters. The van der Waals surface area contributed by atoms with Crippen molar-refractivity contribution >= 4 is 5.91 Å². The molecule has 6 heteroatoms. The molecule has 1 saturated heterocycles. The Morgan fingerprint density at radius 3 is 2.52 bits per heavy atom. The van der Waals surface area contributed by atoms with E-state index >= 15 is 0 Å². The maximum absolute atomic E-state index is 13.6. The van der Waals surface area contributed by atoms with Gasteiger partial charge in [-0.3, -0.25) is 4.79 Å². The topological polar surface area (TPSA) is 29.5 Å². The van der Waals surface area contributed by atoms with E-state index in [2.05, 4.69) is 0 Å². The van der Waals surface area contributed by atoms with E-state index in [1.165, 1.54) is 36.4 Å². The van der Waals surface area contributed by atoms with Crippen LogP contribution in [0.1, 0.15) is 28.8 Å². The van der Waals surface area contributed by atoms with Crippen LogP contribution >= 0.6 is 0 Å². The first-order valence-corrected chi connectivity index (χ1v) is 8.13. The van der Waals surface area contributed by atoms with E-state index in [-0.39, 0.29) is 24.2 Å². The molecule has 3 rings (SSSR count). The third kappa shape index (κ3) is 4.39. The molecule has 132 valence electrons. The molecule has 1 aliphatic heterocycles. The van der Waals surface area contributed by atoms with Gasteiger partial charge in [0, 0.05) is 30.3 Å². The summed E-state index contributed by atoms with van der Waals surface area (Å²) in [6, 6.07) is 8.78. The Balaban J connectivity index is 1.59. The highest BCUT2D eigenvalue weighted by Crippen LogP contribution is 2.19. The highest BCUT2D eigenvalue weighted by Gasteiger charge is 2.25. The molecule has 1 aliphatic rings. The van der Waals surface area contributed by atoms with Gasteiger partial charge in [0.05, 0.1) is 12.7 Å². The van der Waals surface area contributed by atoms with Crippen LogP contribution < -0.4 is 0 Å². The van der Waals surface area contributed by atoms with Gasteiger partial charge in [-0.05, 0) is 43.2 Å². The summed E-state index contributed by atoms with van der Waals surface area (Å²) in [6.45, 7) is 1.01. The largest absolute Gasteiger partial charge is 0.372 e. The van der Waals surface area contributed by atoms with Gasteiger partial charge in [0.1, 0.15) is 17.5 Å². The maximum atomic E-state index is 13.6. The Morgan fingerprint density at radius 2 is 1.80 bits per heavy atom. The van der Waals surface area contributed by atoms with Crippen LogP contribution in [-0.2, 0) is 11.3 Å². The van der Waals surface area contributed by atoms with E-state index in [1.54, 1.807) is 4.90 Å². The predicted octanol–water partition coefficient (Wildman–Crippen LogP) is 3.93. The van der Waals surface area contributed by atoms with Crippen molar-refractivity contribution in [3.8, 4) is 0 Å². The SMILES string of the molecule is O=C(c1ccc(F)cc1)N1CCCC(OCc2ccc(F)cc2F)C1. The summed E-state index contributed by atoms with van der Waals surface area (Å²) in [5.74, 6) is -1.84. The third-order valence-electron chi connectivity index (χ3n) is 4.25. The standard InChI is InChI=1S/C19H18F3NO2/c20-15-6-3-13(4-7-15)19(24)23-9-1-2-17(11-23)25-12-14-5-8-16(21)10-18(14)22/h3-8,10,17H,1-2,9,11-12H2. The van der Waals surface area contributed by atoms with Crippen molar-refractivity contribution in [2.75, 3.05) is 13.1 Å². The molecule has 0 saturated carbocycles. The number of ether oxygens (including phenoxy) is 1. The number of hydrogen-bond acceptors (Lipinski definition) is 2. The molecule has 1 amide bonds. The number of benzene rings is 2. The number of rotatable bonds is 4. The highest BCUT2D eigenvalue weighted by molar-refractivity contribution is 5.94. The summed E-state index contributed by atoms with van der Waals surface area (Å²) in [6.07, 6.45) is 1.31. The van der Waals surface area contributed by atoms with Crippen molar-refractivity contribution in [3.63, 3.8) is 0 Å². The van der Waals surface area contributed by atoms with Gasteiger partial charge < -0.3 is 9.64 Å². The Hall–Kier alpha value is -2.34. The van der Waals surface area contributed by atoms with E-state index in [1.807, 2.05) is 0 Å². The second-order valence-electron chi connectivity index (χ2n) is 6.07.